The first kappa shape index (κ1) is 8.90. The molecule has 0 aromatic rings. The smallest absolute Gasteiger partial charge is 0.133 e. The number of ketones is 1. The molecule has 0 aromatic heterocycles. The van der Waals surface area contributed by atoms with E-state index in [4.69, 9.17) is 0 Å². The van der Waals surface area contributed by atoms with Crippen LogP contribution < -0.4 is 0 Å². The van der Waals surface area contributed by atoms with E-state index >= 15 is 0 Å². The molecule has 5 atom stereocenters. The van der Waals surface area contributed by atoms with E-state index in [1.807, 2.05) is 0 Å². The highest BCUT2D eigenvalue weighted by molar-refractivity contribution is 5.79. The molecule has 0 radical (unpaired) electrons. The monoisotopic (exact) mass is 194 g/mol. The minimum Gasteiger partial charge on any atom is -0.390 e. The van der Waals surface area contributed by atoms with Crippen molar-refractivity contribution in [2.75, 3.05) is 0 Å². The van der Waals surface area contributed by atoms with E-state index in [0.29, 0.717) is 23.5 Å². The fourth-order valence-electron chi connectivity index (χ4n) is 4.65. The summed E-state index contributed by atoms with van der Waals surface area (Å²) in [6, 6.07) is 0. The minimum atomic E-state index is -0.386. The van der Waals surface area contributed by atoms with Crippen LogP contribution in [-0.2, 0) is 4.79 Å². The minimum absolute atomic E-state index is 0.284. The van der Waals surface area contributed by atoms with Gasteiger partial charge in [-0.05, 0) is 56.8 Å². The van der Waals surface area contributed by atoms with Gasteiger partial charge in [0, 0.05) is 5.92 Å². The number of carbonyl (C=O) groups is 1. The Morgan fingerprint density at radius 2 is 1.79 bits per heavy atom. The maximum atomic E-state index is 11.6. The second-order valence-corrected chi connectivity index (χ2v) is 5.83. The quantitative estimate of drug-likeness (QED) is 0.690. The third kappa shape index (κ3) is 1.10. The molecular weight excluding hydrogens is 176 g/mol. The Labute approximate surface area is 84.7 Å². The largest absolute Gasteiger partial charge is 0.390 e. The summed E-state index contributed by atoms with van der Waals surface area (Å²) in [6.07, 6.45) is 5.19. The highest BCUT2D eigenvalue weighted by Crippen LogP contribution is 2.58. The van der Waals surface area contributed by atoms with Crippen molar-refractivity contribution < 1.29 is 9.90 Å². The van der Waals surface area contributed by atoms with Crippen molar-refractivity contribution in [2.24, 2.45) is 23.7 Å². The second kappa shape index (κ2) is 2.60. The number of hydrogen-bond donors (Lipinski definition) is 1. The van der Waals surface area contributed by atoms with E-state index in [-0.39, 0.29) is 11.5 Å². The molecule has 14 heavy (non-hydrogen) atoms. The van der Waals surface area contributed by atoms with Crippen molar-refractivity contribution in [3.05, 3.63) is 0 Å². The molecule has 4 bridgehead atoms. The summed E-state index contributed by atoms with van der Waals surface area (Å²) in [4.78, 5) is 11.6. The molecule has 0 aromatic carbocycles. The van der Waals surface area contributed by atoms with Gasteiger partial charge in [0.25, 0.3) is 0 Å². The van der Waals surface area contributed by atoms with Crippen LogP contribution in [0.25, 0.3) is 0 Å². The lowest BCUT2D eigenvalue weighted by Crippen LogP contribution is -2.56. The molecular formula is C12H18O2. The Balaban J connectivity index is 1.93. The van der Waals surface area contributed by atoms with Gasteiger partial charge >= 0.3 is 0 Å². The Hall–Kier alpha value is -0.370. The fourth-order valence-corrected chi connectivity index (χ4v) is 4.65. The number of hydrogen-bond acceptors (Lipinski definition) is 2. The summed E-state index contributed by atoms with van der Waals surface area (Å²) in [7, 11) is 0. The Morgan fingerprint density at radius 3 is 2.21 bits per heavy atom. The van der Waals surface area contributed by atoms with E-state index in [0.717, 1.165) is 19.3 Å². The summed E-state index contributed by atoms with van der Waals surface area (Å²) in [5, 5.41) is 10.3. The van der Waals surface area contributed by atoms with Gasteiger partial charge in [-0.1, -0.05) is 0 Å². The SMILES string of the molecule is CC(=O)C1[C@@H]2CC3C[C@H]1CC(O)(C3)C2. The maximum absolute atomic E-state index is 11.6. The molecule has 0 amide bonds. The zero-order valence-corrected chi connectivity index (χ0v) is 8.70. The Morgan fingerprint density at radius 1 is 1.21 bits per heavy atom. The van der Waals surface area contributed by atoms with Gasteiger partial charge in [0.05, 0.1) is 5.60 Å². The zero-order chi connectivity index (χ0) is 9.92. The lowest BCUT2D eigenvalue weighted by atomic mass is 9.49. The molecule has 1 N–H and O–H groups in total. The molecule has 78 valence electrons. The lowest BCUT2D eigenvalue weighted by molar-refractivity contribution is -0.162. The highest BCUT2D eigenvalue weighted by atomic mass is 16.3. The number of Topliss-reactive ketones (excluding diaryl/α,β-unsaturated/α-hetero) is 1. The van der Waals surface area contributed by atoms with Crippen molar-refractivity contribution >= 4 is 5.78 Å². The summed E-state index contributed by atoms with van der Waals surface area (Å²) in [5.41, 5.74) is -0.386. The molecule has 2 heteroatoms. The van der Waals surface area contributed by atoms with Gasteiger partial charge in [0.2, 0.25) is 0 Å². The summed E-state index contributed by atoms with van der Waals surface area (Å²) in [5.74, 6) is 2.37. The first-order valence-electron chi connectivity index (χ1n) is 5.80. The van der Waals surface area contributed by atoms with Gasteiger partial charge in [-0.25, -0.2) is 0 Å². The average molecular weight is 194 g/mol. The maximum Gasteiger partial charge on any atom is 0.133 e. The highest BCUT2D eigenvalue weighted by Gasteiger charge is 2.55. The van der Waals surface area contributed by atoms with Crippen LogP contribution in [0.1, 0.15) is 39.0 Å². The third-order valence-corrected chi connectivity index (χ3v) is 4.71. The average Bonchev–Trinajstić information content (AvgIpc) is 1.97. The first-order valence-corrected chi connectivity index (χ1v) is 5.80. The number of rotatable bonds is 1. The molecule has 0 spiro atoms. The van der Waals surface area contributed by atoms with E-state index in [1.165, 1.54) is 12.8 Å². The molecule has 4 aliphatic rings. The molecule has 0 heterocycles. The zero-order valence-electron chi connectivity index (χ0n) is 8.70. The van der Waals surface area contributed by atoms with E-state index in [2.05, 4.69) is 0 Å². The van der Waals surface area contributed by atoms with Crippen LogP contribution in [0.15, 0.2) is 0 Å². The molecule has 3 unspecified atom stereocenters. The summed E-state index contributed by atoms with van der Waals surface area (Å²) < 4.78 is 0. The molecule has 0 saturated heterocycles. The van der Waals surface area contributed by atoms with Crippen molar-refractivity contribution in [2.45, 2.75) is 44.6 Å². The van der Waals surface area contributed by atoms with E-state index in [9.17, 15) is 9.90 Å². The second-order valence-electron chi connectivity index (χ2n) is 5.83. The van der Waals surface area contributed by atoms with Gasteiger partial charge in [-0.3, -0.25) is 4.79 Å². The summed E-state index contributed by atoms with van der Waals surface area (Å²) >= 11 is 0. The lowest BCUT2D eigenvalue weighted by Gasteiger charge is -2.57. The van der Waals surface area contributed by atoms with Crippen LogP contribution in [0.5, 0.6) is 0 Å². The van der Waals surface area contributed by atoms with Crippen molar-refractivity contribution in [3.8, 4) is 0 Å². The van der Waals surface area contributed by atoms with E-state index in [1.54, 1.807) is 6.92 Å². The summed E-state index contributed by atoms with van der Waals surface area (Å²) in [6.45, 7) is 1.73. The molecule has 4 saturated carbocycles. The van der Waals surface area contributed by atoms with Crippen LogP contribution in [0.3, 0.4) is 0 Å². The molecule has 0 aliphatic heterocycles. The Kier molecular flexibility index (Phi) is 1.65. The third-order valence-electron chi connectivity index (χ3n) is 4.71. The van der Waals surface area contributed by atoms with Crippen LogP contribution in [0.4, 0.5) is 0 Å². The predicted octanol–water partition coefficient (Wildman–Crippen LogP) is 1.76. The van der Waals surface area contributed by atoms with Gasteiger partial charge in [0.15, 0.2) is 0 Å². The van der Waals surface area contributed by atoms with Crippen molar-refractivity contribution in [1.82, 2.24) is 0 Å². The van der Waals surface area contributed by atoms with Gasteiger partial charge in [-0.15, -0.1) is 0 Å². The van der Waals surface area contributed by atoms with Crippen molar-refractivity contribution in [1.29, 1.82) is 0 Å². The van der Waals surface area contributed by atoms with Gasteiger partial charge in [-0.2, -0.15) is 0 Å². The normalized spacial score (nSPS) is 55.0. The molecule has 4 fully saturated rings. The van der Waals surface area contributed by atoms with Crippen molar-refractivity contribution in [3.63, 3.8) is 0 Å². The predicted molar refractivity (Wildman–Crippen MR) is 52.7 cm³/mol. The topological polar surface area (TPSA) is 37.3 Å². The number of carbonyl (C=O) groups excluding carboxylic acids is 1. The molecule has 4 rings (SSSR count). The molecule has 2 nitrogen and oxygen atoms in total. The standard InChI is InChI=1S/C12H18O2/c1-7(13)11-9-2-8-3-10(11)6-12(14,4-8)5-9/h8-11,14H,2-6H2,1H3/t8?,9-,10+,11?,12?. The van der Waals surface area contributed by atoms with Crippen LogP contribution in [0, 0.1) is 23.7 Å². The van der Waals surface area contributed by atoms with E-state index < -0.39 is 0 Å². The van der Waals surface area contributed by atoms with Crippen LogP contribution in [0.2, 0.25) is 0 Å². The van der Waals surface area contributed by atoms with Gasteiger partial charge < -0.3 is 5.11 Å². The molecule has 4 aliphatic carbocycles. The Bertz CT molecular complexity index is 268. The fraction of sp³-hybridized carbons (Fsp3) is 0.917. The first-order chi connectivity index (χ1) is 6.57. The number of aliphatic hydroxyl groups is 1. The van der Waals surface area contributed by atoms with Crippen LogP contribution in [-0.4, -0.2) is 16.5 Å². The van der Waals surface area contributed by atoms with Gasteiger partial charge in [0.1, 0.15) is 5.78 Å². The van der Waals surface area contributed by atoms with Crippen LogP contribution >= 0.6 is 0 Å².